The number of hydrogen-bond donors (Lipinski definition) is 0. The van der Waals surface area contributed by atoms with E-state index in [-0.39, 0.29) is 0 Å². The Hall–Kier alpha value is -2.23. The summed E-state index contributed by atoms with van der Waals surface area (Å²) in [7, 11) is 0. The van der Waals surface area contributed by atoms with Crippen LogP contribution in [0.3, 0.4) is 0 Å². The van der Waals surface area contributed by atoms with Crippen molar-refractivity contribution < 1.29 is 0 Å². The predicted octanol–water partition coefficient (Wildman–Crippen LogP) is 2.24. The Labute approximate surface area is 105 Å². The van der Waals surface area contributed by atoms with Gasteiger partial charge in [0.25, 0.3) is 0 Å². The average molecular weight is 237 g/mol. The van der Waals surface area contributed by atoms with Crippen LogP contribution in [-0.4, -0.2) is 19.7 Å². The van der Waals surface area contributed by atoms with Gasteiger partial charge >= 0.3 is 0 Å². The number of aryl methyl sites for hydroxylation is 1. The molecule has 1 radical (unpaired) electrons. The molecule has 4 heteroatoms. The SMILES string of the molecule is CCc1n[c]c2cnn(Cc3ccccc3)c2n1. The number of nitrogens with zero attached hydrogens (tertiary/aromatic N) is 4. The minimum Gasteiger partial charge on any atom is -0.243 e. The summed E-state index contributed by atoms with van der Waals surface area (Å²) in [6.45, 7) is 2.76. The molecule has 0 unspecified atom stereocenters. The molecule has 89 valence electrons. The van der Waals surface area contributed by atoms with Gasteiger partial charge in [-0.05, 0) is 5.56 Å². The number of rotatable bonds is 3. The van der Waals surface area contributed by atoms with E-state index in [0.29, 0.717) is 0 Å². The zero-order valence-corrected chi connectivity index (χ0v) is 10.2. The van der Waals surface area contributed by atoms with Crippen LogP contribution < -0.4 is 0 Å². The van der Waals surface area contributed by atoms with Gasteiger partial charge in [0, 0.05) is 6.42 Å². The molecule has 0 aliphatic rings. The molecule has 0 amide bonds. The predicted molar refractivity (Wildman–Crippen MR) is 69.1 cm³/mol. The molecule has 0 aliphatic heterocycles. The molecule has 0 aliphatic carbocycles. The van der Waals surface area contributed by atoms with E-state index in [1.54, 1.807) is 6.20 Å². The highest BCUT2D eigenvalue weighted by Crippen LogP contribution is 2.12. The van der Waals surface area contributed by atoms with Crippen molar-refractivity contribution in [3.63, 3.8) is 0 Å². The van der Waals surface area contributed by atoms with Crippen LogP contribution in [0.2, 0.25) is 0 Å². The van der Waals surface area contributed by atoms with Gasteiger partial charge in [0.15, 0.2) is 5.65 Å². The molecule has 3 aromatic rings. The van der Waals surface area contributed by atoms with Crippen LogP contribution in [0, 0.1) is 6.20 Å². The first-order valence-electron chi connectivity index (χ1n) is 6.01. The van der Waals surface area contributed by atoms with Crippen LogP contribution >= 0.6 is 0 Å². The molecule has 0 fully saturated rings. The Bertz CT molecular complexity index is 658. The maximum absolute atomic E-state index is 4.51. The van der Waals surface area contributed by atoms with Crippen LogP contribution in [0.25, 0.3) is 11.0 Å². The Kier molecular flexibility index (Phi) is 2.76. The monoisotopic (exact) mass is 237 g/mol. The van der Waals surface area contributed by atoms with E-state index in [0.717, 1.165) is 29.8 Å². The zero-order valence-electron chi connectivity index (χ0n) is 10.2. The van der Waals surface area contributed by atoms with Crippen LogP contribution in [0.5, 0.6) is 0 Å². The maximum Gasteiger partial charge on any atom is 0.162 e. The largest absolute Gasteiger partial charge is 0.243 e. The van der Waals surface area contributed by atoms with Crippen LogP contribution in [0.1, 0.15) is 18.3 Å². The summed E-state index contributed by atoms with van der Waals surface area (Å²) in [5.74, 6) is 0.803. The smallest absolute Gasteiger partial charge is 0.162 e. The van der Waals surface area contributed by atoms with Gasteiger partial charge in [-0.25, -0.2) is 14.6 Å². The summed E-state index contributed by atoms with van der Waals surface area (Å²) in [6.07, 6.45) is 5.55. The molecule has 18 heavy (non-hydrogen) atoms. The van der Waals surface area contributed by atoms with E-state index < -0.39 is 0 Å². The minimum absolute atomic E-state index is 0.721. The standard InChI is InChI=1S/C14H13N4/c1-2-13-15-8-12-9-16-18(14(12)17-13)10-11-6-4-3-5-7-11/h3-7,9H,2,10H2,1H3. The van der Waals surface area contributed by atoms with Crippen molar-refractivity contribution in [2.24, 2.45) is 0 Å². The Balaban J connectivity index is 2.01. The number of hydrogen-bond acceptors (Lipinski definition) is 3. The average Bonchev–Trinajstić information content (AvgIpc) is 2.82. The quantitative estimate of drug-likeness (QED) is 0.701. The highest BCUT2D eigenvalue weighted by atomic mass is 15.3. The van der Waals surface area contributed by atoms with Crippen LogP contribution in [-0.2, 0) is 13.0 Å². The molecule has 3 rings (SSSR count). The Morgan fingerprint density at radius 2 is 2.06 bits per heavy atom. The van der Waals surface area contributed by atoms with Crippen LogP contribution in [0.4, 0.5) is 0 Å². The second-order valence-electron chi connectivity index (χ2n) is 4.13. The van der Waals surface area contributed by atoms with Gasteiger partial charge < -0.3 is 0 Å². The molecule has 2 aromatic heterocycles. The van der Waals surface area contributed by atoms with Gasteiger partial charge in [-0.15, -0.1) is 0 Å². The molecule has 0 saturated carbocycles. The van der Waals surface area contributed by atoms with Crippen molar-refractivity contribution in [1.29, 1.82) is 0 Å². The molecule has 0 bridgehead atoms. The summed E-state index contributed by atoms with van der Waals surface area (Å²) in [5.41, 5.74) is 2.06. The van der Waals surface area contributed by atoms with Gasteiger partial charge in [-0.3, -0.25) is 0 Å². The van der Waals surface area contributed by atoms with E-state index in [4.69, 9.17) is 0 Å². The first-order chi connectivity index (χ1) is 8.86. The van der Waals surface area contributed by atoms with Crippen molar-refractivity contribution in [3.05, 3.63) is 54.1 Å². The summed E-state index contributed by atoms with van der Waals surface area (Å²) >= 11 is 0. The van der Waals surface area contributed by atoms with E-state index >= 15 is 0 Å². The third-order valence-corrected chi connectivity index (χ3v) is 2.84. The van der Waals surface area contributed by atoms with Gasteiger partial charge in [-0.2, -0.15) is 5.10 Å². The number of aromatic nitrogens is 4. The fourth-order valence-corrected chi connectivity index (χ4v) is 1.88. The molecule has 0 spiro atoms. The first-order valence-corrected chi connectivity index (χ1v) is 6.01. The van der Waals surface area contributed by atoms with E-state index in [1.165, 1.54) is 5.56 Å². The molecule has 4 nitrogen and oxygen atoms in total. The third kappa shape index (κ3) is 1.97. The summed E-state index contributed by atoms with van der Waals surface area (Å²) in [6, 6.07) is 10.2. The summed E-state index contributed by atoms with van der Waals surface area (Å²) < 4.78 is 1.89. The highest BCUT2D eigenvalue weighted by molar-refractivity contribution is 5.72. The number of benzene rings is 1. The Morgan fingerprint density at radius 1 is 1.22 bits per heavy atom. The molecule has 1 aromatic carbocycles. The Morgan fingerprint density at radius 3 is 2.83 bits per heavy atom. The van der Waals surface area contributed by atoms with Crippen LogP contribution in [0.15, 0.2) is 36.5 Å². The van der Waals surface area contributed by atoms with Gasteiger partial charge in [-0.1, -0.05) is 37.3 Å². The second-order valence-corrected chi connectivity index (χ2v) is 4.13. The van der Waals surface area contributed by atoms with Crippen molar-refractivity contribution in [3.8, 4) is 0 Å². The molecular weight excluding hydrogens is 224 g/mol. The summed E-state index contributed by atoms with van der Waals surface area (Å²) in [5, 5.41) is 5.21. The van der Waals surface area contributed by atoms with Crippen molar-refractivity contribution in [1.82, 2.24) is 19.7 Å². The molecule has 0 atom stereocenters. The van der Waals surface area contributed by atoms with Crippen molar-refractivity contribution in [2.45, 2.75) is 19.9 Å². The lowest BCUT2D eigenvalue weighted by Crippen LogP contribution is -2.04. The van der Waals surface area contributed by atoms with Crippen molar-refractivity contribution >= 4 is 11.0 Å². The van der Waals surface area contributed by atoms with Gasteiger partial charge in [0.2, 0.25) is 0 Å². The molecule has 0 saturated heterocycles. The summed E-state index contributed by atoms with van der Waals surface area (Å²) in [4.78, 5) is 8.66. The topological polar surface area (TPSA) is 43.6 Å². The second kappa shape index (κ2) is 4.56. The fraction of sp³-hybridized carbons (Fsp3) is 0.214. The molecule has 2 heterocycles. The lowest BCUT2D eigenvalue weighted by Gasteiger charge is -2.03. The van der Waals surface area contributed by atoms with E-state index in [9.17, 15) is 0 Å². The lowest BCUT2D eigenvalue weighted by atomic mass is 10.2. The zero-order chi connectivity index (χ0) is 12.4. The van der Waals surface area contributed by atoms with Crippen molar-refractivity contribution in [2.75, 3.05) is 0 Å². The minimum atomic E-state index is 0.721. The van der Waals surface area contributed by atoms with Gasteiger partial charge in [0.1, 0.15) is 12.0 Å². The van der Waals surface area contributed by atoms with Gasteiger partial charge in [0.05, 0.1) is 18.1 Å². The molecule has 0 N–H and O–H groups in total. The third-order valence-electron chi connectivity index (χ3n) is 2.84. The maximum atomic E-state index is 4.51. The fourth-order valence-electron chi connectivity index (χ4n) is 1.88. The normalized spacial score (nSPS) is 10.9. The van der Waals surface area contributed by atoms with E-state index in [2.05, 4.69) is 33.4 Å². The first kappa shape index (κ1) is 10.9. The highest BCUT2D eigenvalue weighted by Gasteiger charge is 2.06. The van der Waals surface area contributed by atoms with E-state index in [1.807, 2.05) is 29.8 Å². The molecular formula is C14H13N4. The number of fused-ring (bicyclic) bond motifs is 1. The lowest BCUT2D eigenvalue weighted by molar-refractivity contribution is 0.701.